The van der Waals surface area contributed by atoms with Crippen LogP contribution in [0.2, 0.25) is 0 Å². The topological polar surface area (TPSA) is 157 Å². The van der Waals surface area contributed by atoms with Gasteiger partial charge in [-0.3, -0.25) is 9.59 Å². The van der Waals surface area contributed by atoms with Crippen molar-refractivity contribution in [3.05, 3.63) is 108 Å². The minimum atomic E-state index is -1.26. The van der Waals surface area contributed by atoms with Crippen LogP contribution in [0.1, 0.15) is 58.3 Å². The van der Waals surface area contributed by atoms with Crippen molar-refractivity contribution in [2.24, 2.45) is 0 Å². The Morgan fingerprint density at radius 1 is 0.733 bits per heavy atom. The number of carbonyl (C=O) groups is 4. The molecule has 0 saturated heterocycles. The Morgan fingerprint density at radius 2 is 1.18 bits per heavy atom. The number of phenols is 3. The highest BCUT2D eigenvalue weighted by atomic mass is 16.5. The van der Waals surface area contributed by atoms with Gasteiger partial charge in [-0.25, -0.2) is 9.59 Å². The minimum Gasteiger partial charge on any atom is -0.508 e. The second kappa shape index (κ2) is 24.1. The molecule has 0 aliphatic heterocycles. The van der Waals surface area contributed by atoms with E-state index in [9.17, 15) is 19.2 Å². The Balaban J connectivity index is 0.000000631. The monoisotopic (exact) mass is 624 g/mol. The maximum atomic E-state index is 11.3. The predicted molar refractivity (Wildman–Crippen MR) is 172 cm³/mol. The van der Waals surface area contributed by atoms with Gasteiger partial charge in [0.25, 0.3) is 0 Å². The van der Waals surface area contributed by atoms with E-state index < -0.39 is 18.8 Å². The molecule has 0 heterocycles. The van der Waals surface area contributed by atoms with Crippen LogP contribution >= 0.6 is 0 Å². The lowest BCUT2D eigenvalue weighted by Crippen LogP contribution is -2.04. The summed E-state index contributed by atoms with van der Waals surface area (Å²) in [5, 5.41) is 26.9. The van der Waals surface area contributed by atoms with Gasteiger partial charge in [-0.1, -0.05) is 30.8 Å². The lowest BCUT2D eigenvalue weighted by molar-refractivity contribution is -0.143. The first-order valence-electron chi connectivity index (χ1n) is 15.0. The number of ether oxygens (including phenoxy) is 3. The molecule has 0 bridgehead atoms. The number of aromatic hydroxyl groups is 3. The Bertz CT molecular complexity index is 1400. The van der Waals surface area contributed by atoms with Gasteiger partial charge in [0.15, 0.2) is 0 Å². The molecule has 3 aromatic rings. The molecular formula is C35H42O10. The maximum absolute atomic E-state index is 11.3. The average Bonchev–Trinajstić information content (AvgIpc) is 3.07. The zero-order chi connectivity index (χ0) is 35.8. The highest BCUT2D eigenvalue weighted by Gasteiger charge is 2.04. The number of hydrogen-bond acceptors (Lipinski definition) is 10. The van der Waals surface area contributed by atoms with E-state index >= 15 is 0 Å². The molecule has 0 fully saturated rings. The van der Waals surface area contributed by atoms with Crippen molar-refractivity contribution >= 4 is 30.3 Å². The number of carbonyl (C=O) groups excluding carboxylic acids is 4. The van der Waals surface area contributed by atoms with Crippen LogP contribution in [-0.2, 0) is 35.0 Å². The van der Waals surface area contributed by atoms with Crippen LogP contribution in [0.5, 0.6) is 17.2 Å². The molecule has 0 aliphatic carbocycles. The molecule has 0 radical (unpaired) electrons. The van der Waals surface area contributed by atoms with Crippen molar-refractivity contribution in [1.29, 1.82) is 0 Å². The maximum Gasteiger partial charge on any atom is 0.333 e. The SMILES string of the molecule is C=CC(=O)OCC.CCOC(=O)/C(C)=C/c1ccc(O)cc1.O=Cc1ccc(O)cc1.[2H]C(C(=O)OCC)C([2H])c1ccc(O)cc1. The first kappa shape index (κ1) is 35.8. The summed E-state index contributed by atoms with van der Waals surface area (Å²) < 4.78 is 29.2. The van der Waals surface area contributed by atoms with E-state index in [1.807, 2.05) is 0 Å². The Morgan fingerprint density at radius 3 is 1.58 bits per heavy atom. The quantitative estimate of drug-likeness (QED) is 0.103. The van der Waals surface area contributed by atoms with Gasteiger partial charge in [0.2, 0.25) is 0 Å². The zero-order valence-electron chi connectivity index (χ0n) is 27.8. The van der Waals surface area contributed by atoms with E-state index in [4.69, 9.17) is 22.8 Å². The fourth-order valence-electron chi connectivity index (χ4n) is 2.82. The Labute approximate surface area is 267 Å². The second-order valence-corrected chi connectivity index (χ2v) is 8.48. The van der Waals surface area contributed by atoms with Crippen molar-refractivity contribution in [2.45, 2.75) is 40.5 Å². The standard InChI is InChI=1S/C12H14O3.C11H14O3.C7H6O2.C5H8O2/c1-3-15-12(14)9(2)8-10-4-6-11(13)7-5-10;1-2-14-11(13)8-5-9-3-6-10(12)7-4-9;8-5-6-1-3-7(9)4-2-6;1-3-5(6)7-4-2/h4-8,13H,3H2,1-2H3;3-4,6-7,12H,2,5,8H2,1H3;1-5,9H;3H,1,4H2,2H3/b9-8+;;;/i;5D,8D;;. The Kier molecular flexibility index (Phi) is 19.2. The van der Waals surface area contributed by atoms with Gasteiger partial charge in [-0.15, -0.1) is 0 Å². The van der Waals surface area contributed by atoms with E-state index in [2.05, 4.69) is 16.1 Å². The summed E-state index contributed by atoms with van der Waals surface area (Å²) in [6.45, 7) is 11.1. The lowest BCUT2D eigenvalue weighted by atomic mass is 10.1. The molecule has 3 aromatic carbocycles. The summed E-state index contributed by atoms with van der Waals surface area (Å²) in [5.74, 6) is -0.890. The minimum absolute atomic E-state index is 0.0913. The number of aldehydes is 1. The number of phenolic OH excluding ortho intramolecular Hbond substituents is 3. The molecule has 3 rings (SSSR count). The number of benzene rings is 3. The van der Waals surface area contributed by atoms with Crippen LogP contribution in [0.3, 0.4) is 0 Å². The van der Waals surface area contributed by atoms with Gasteiger partial charge >= 0.3 is 17.9 Å². The highest BCUT2D eigenvalue weighted by Crippen LogP contribution is 2.13. The molecule has 3 N–H and O–H groups in total. The van der Waals surface area contributed by atoms with Crippen LogP contribution in [0, 0.1) is 0 Å². The molecule has 45 heavy (non-hydrogen) atoms. The van der Waals surface area contributed by atoms with E-state index in [1.165, 1.54) is 36.4 Å². The van der Waals surface area contributed by atoms with Crippen molar-refractivity contribution in [1.82, 2.24) is 0 Å². The summed E-state index contributed by atoms with van der Waals surface area (Å²) in [5.41, 5.74) is 2.49. The average molecular weight is 625 g/mol. The van der Waals surface area contributed by atoms with E-state index in [0.717, 1.165) is 17.9 Å². The summed E-state index contributed by atoms with van der Waals surface area (Å²) in [7, 11) is 0. The molecular weight excluding hydrogens is 580 g/mol. The third kappa shape index (κ3) is 20.2. The highest BCUT2D eigenvalue weighted by molar-refractivity contribution is 5.93. The molecule has 0 saturated carbocycles. The fourth-order valence-corrected chi connectivity index (χ4v) is 2.82. The van der Waals surface area contributed by atoms with Gasteiger partial charge in [0, 0.05) is 26.4 Å². The van der Waals surface area contributed by atoms with Gasteiger partial charge in [-0.2, -0.15) is 0 Å². The number of aryl methyl sites for hydroxylation is 1. The number of hydrogen-bond donors (Lipinski definition) is 3. The van der Waals surface area contributed by atoms with Crippen LogP contribution < -0.4 is 0 Å². The smallest absolute Gasteiger partial charge is 0.333 e. The fraction of sp³-hybridized carbons (Fsp3) is 0.257. The number of esters is 3. The molecule has 242 valence electrons. The van der Waals surface area contributed by atoms with E-state index in [0.29, 0.717) is 29.9 Å². The first-order chi connectivity index (χ1) is 22.3. The molecule has 10 nitrogen and oxygen atoms in total. The molecule has 10 heteroatoms. The van der Waals surface area contributed by atoms with Crippen molar-refractivity contribution in [2.75, 3.05) is 19.8 Å². The normalized spacial score (nSPS) is 11.8. The summed E-state index contributed by atoms with van der Waals surface area (Å²) in [6.07, 6.45) is 1.34. The first-order valence-corrected chi connectivity index (χ1v) is 13.8. The lowest BCUT2D eigenvalue weighted by Gasteiger charge is -2.02. The number of rotatable bonds is 10. The third-order valence-corrected chi connectivity index (χ3v) is 4.95. The Hall–Kier alpha value is -5.38. The predicted octanol–water partition coefficient (Wildman–Crippen LogP) is 6.19. The molecule has 2 atom stereocenters. The van der Waals surface area contributed by atoms with Gasteiger partial charge in [-0.05, 0) is 99.8 Å². The van der Waals surface area contributed by atoms with Gasteiger partial charge < -0.3 is 29.5 Å². The van der Waals surface area contributed by atoms with Gasteiger partial charge in [0.1, 0.15) is 23.5 Å². The summed E-state index contributed by atoms with van der Waals surface area (Å²) in [4.78, 5) is 42.6. The molecule has 0 aromatic heterocycles. The van der Waals surface area contributed by atoms with Crippen molar-refractivity contribution in [3.63, 3.8) is 0 Å². The van der Waals surface area contributed by atoms with Crippen LogP contribution in [0.4, 0.5) is 0 Å². The molecule has 2 unspecified atom stereocenters. The molecule has 0 spiro atoms. The third-order valence-electron chi connectivity index (χ3n) is 4.95. The van der Waals surface area contributed by atoms with Crippen molar-refractivity contribution in [3.8, 4) is 17.2 Å². The van der Waals surface area contributed by atoms with E-state index in [1.54, 1.807) is 70.2 Å². The largest absolute Gasteiger partial charge is 0.508 e. The molecule has 0 aliphatic rings. The van der Waals surface area contributed by atoms with Gasteiger partial charge in [0.05, 0.1) is 19.8 Å². The van der Waals surface area contributed by atoms with Crippen LogP contribution in [-0.4, -0.2) is 59.3 Å². The van der Waals surface area contributed by atoms with Crippen molar-refractivity contribution < 1.29 is 51.4 Å². The zero-order valence-corrected chi connectivity index (χ0v) is 25.8. The van der Waals surface area contributed by atoms with Crippen LogP contribution in [0.15, 0.2) is 91.0 Å². The summed E-state index contributed by atoms with van der Waals surface area (Å²) in [6, 6.07) is 18.6. The molecule has 0 amide bonds. The van der Waals surface area contributed by atoms with E-state index in [-0.39, 0.29) is 35.8 Å². The second-order valence-electron chi connectivity index (χ2n) is 8.48. The van der Waals surface area contributed by atoms with Crippen LogP contribution in [0.25, 0.3) is 6.08 Å². The summed E-state index contributed by atoms with van der Waals surface area (Å²) >= 11 is 0.